The van der Waals surface area contributed by atoms with Crippen LogP contribution in [-0.4, -0.2) is 53.9 Å². The van der Waals surface area contributed by atoms with Crippen LogP contribution in [0.25, 0.3) is 10.2 Å². The van der Waals surface area contributed by atoms with Crippen LogP contribution in [0.1, 0.15) is 43.0 Å². The van der Waals surface area contributed by atoms with Crippen molar-refractivity contribution in [3.8, 4) is 0 Å². The minimum atomic E-state index is -4.21. The molecule has 1 aromatic heterocycles. The van der Waals surface area contributed by atoms with Gasteiger partial charge in [0.2, 0.25) is 5.92 Å². The lowest BCUT2D eigenvalue weighted by Gasteiger charge is -2.38. The molecule has 1 saturated heterocycles. The average molecular weight is 543 g/mol. The van der Waals surface area contributed by atoms with Crippen molar-refractivity contribution in [1.82, 2.24) is 9.88 Å². The van der Waals surface area contributed by atoms with Crippen molar-refractivity contribution < 1.29 is 31.5 Å². The molecule has 194 valence electrons. The number of carbonyl (C=O) groups excluding carboxylic acids is 1. The first kappa shape index (κ1) is 26.2. The number of likely N-dealkylation sites (tertiary alicyclic amines) is 1. The number of nitrogens with two attached hydrogens (primary N) is 1. The molecule has 4 N–H and O–H groups in total. The number of benzene rings is 2. The van der Waals surface area contributed by atoms with Crippen LogP contribution >= 0.6 is 11.3 Å². The third-order valence-electron chi connectivity index (χ3n) is 6.13. The molecule has 0 unspecified atom stereocenters. The average Bonchev–Trinajstić information content (AvgIpc) is 3.17. The standard InChI is InChI=1S/C23H25F3N4O4S2/c1-22(25,26)6-7-23(32)8-10-30(11-9-23)20(31)14-2-4-16(5-3-14)29-36(33,34)18-13-15(24)12-17-19(18)28-21(27)35-17/h2-5,12-13,29,32H,6-11H2,1H3,(H2,27,28). The normalized spacial score (nSPS) is 16.3. The van der Waals surface area contributed by atoms with E-state index in [1.165, 1.54) is 29.2 Å². The smallest absolute Gasteiger partial charge is 0.264 e. The van der Waals surface area contributed by atoms with Gasteiger partial charge in [0.15, 0.2) is 5.13 Å². The molecule has 1 aliphatic rings. The third kappa shape index (κ3) is 5.90. The highest BCUT2D eigenvalue weighted by molar-refractivity contribution is 7.93. The summed E-state index contributed by atoms with van der Waals surface area (Å²) in [5.41, 5.74) is 4.92. The minimum absolute atomic E-state index is 0.0432. The predicted octanol–water partition coefficient (Wildman–Crippen LogP) is 4.22. The number of anilines is 2. The van der Waals surface area contributed by atoms with Crippen molar-refractivity contribution in [2.45, 2.75) is 49.0 Å². The molecule has 8 nitrogen and oxygen atoms in total. The summed E-state index contributed by atoms with van der Waals surface area (Å²) >= 11 is 0.968. The summed E-state index contributed by atoms with van der Waals surface area (Å²) in [5.74, 6) is -3.93. The largest absolute Gasteiger partial charge is 0.390 e. The number of carbonyl (C=O) groups is 1. The van der Waals surface area contributed by atoms with Crippen molar-refractivity contribution in [2.75, 3.05) is 23.5 Å². The number of alkyl halides is 2. The number of aliphatic hydroxyl groups is 1. The van der Waals surface area contributed by atoms with E-state index in [9.17, 15) is 31.5 Å². The Morgan fingerprint density at radius 1 is 1.25 bits per heavy atom. The van der Waals surface area contributed by atoms with Crippen LogP contribution in [0, 0.1) is 5.82 Å². The highest BCUT2D eigenvalue weighted by Gasteiger charge is 2.36. The molecule has 4 rings (SSSR count). The molecule has 0 saturated carbocycles. The van der Waals surface area contributed by atoms with Crippen molar-refractivity contribution >= 4 is 48.3 Å². The number of halogens is 3. The lowest BCUT2D eigenvalue weighted by atomic mass is 9.86. The van der Waals surface area contributed by atoms with Crippen LogP contribution in [0.2, 0.25) is 0 Å². The number of thiazole rings is 1. The van der Waals surface area contributed by atoms with Gasteiger partial charge in [0.05, 0.1) is 10.3 Å². The molecule has 2 heterocycles. The van der Waals surface area contributed by atoms with Gasteiger partial charge in [-0.3, -0.25) is 9.52 Å². The maximum absolute atomic E-state index is 14.0. The van der Waals surface area contributed by atoms with Crippen molar-refractivity contribution in [1.29, 1.82) is 0 Å². The second-order valence-corrected chi connectivity index (χ2v) is 11.8. The van der Waals surface area contributed by atoms with E-state index in [0.717, 1.165) is 30.4 Å². The predicted molar refractivity (Wildman–Crippen MR) is 131 cm³/mol. The fourth-order valence-electron chi connectivity index (χ4n) is 4.09. The van der Waals surface area contributed by atoms with Gasteiger partial charge in [0, 0.05) is 30.8 Å². The number of nitrogens with zero attached hydrogens (tertiary/aromatic N) is 2. The number of amides is 1. The monoisotopic (exact) mass is 542 g/mol. The van der Waals surface area contributed by atoms with E-state index in [-0.39, 0.29) is 59.5 Å². The molecule has 36 heavy (non-hydrogen) atoms. The highest BCUT2D eigenvalue weighted by Crippen LogP contribution is 2.33. The quantitative estimate of drug-likeness (QED) is 0.411. The SMILES string of the molecule is CC(F)(F)CCC1(O)CCN(C(=O)c2ccc(NS(=O)(=O)c3cc(F)cc4sc(N)nc34)cc2)CC1. The Kier molecular flexibility index (Phi) is 6.92. The molecule has 0 aliphatic carbocycles. The summed E-state index contributed by atoms with van der Waals surface area (Å²) in [6, 6.07) is 7.71. The summed E-state index contributed by atoms with van der Waals surface area (Å²) in [6.45, 7) is 1.24. The summed E-state index contributed by atoms with van der Waals surface area (Å²) in [5, 5.41) is 10.7. The second kappa shape index (κ2) is 9.52. The van der Waals surface area contributed by atoms with Gasteiger partial charge in [-0.2, -0.15) is 0 Å². The molecule has 0 atom stereocenters. The molecule has 0 bridgehead atoms. The molecule has 3 aromatic rings. The number of nitrogens with one attached hydrogen (secondary N) is 1. The highest BCUT2D eigenvalue weighted by atomic mass is 32.2. The zero-order valence-electron chi connectivity index (χ0n) is 19.3. The van der Waals surface area contributed by atoms with Crippen LogP contribution in [0.15, 0.2) is 41.3 Å². The Bertz CT molecular complexity index is 1380. The van der Waals surface area contributed by atoms with E-state index in [0.29, 0.717) is 10.3 Å². The maximum atomic E-state index is 14.0. The first-order chi connectivity index (χ1) is 16.7. The van der Waals surface area contributed by atoms with E-state index < -0.39 is 33.8 Å². The summed E-state index contributed by atoms with van der Waals surface area (Å²) in [7, 11) is -4.21. The number of aromatic nitrogens is 1. The Balaban J connectivity index is 1.42. The van der Waals surface area contributed by atoms with Gasteiger partial charge >= 0.3 is 0 Å². The Morgan fingerprint density at radius 2 is 1.89 bits per heavy atom. The molecule has 1 amide bonds. The number of hydrogen-bond donors (Lipinski definition) is 3. The number of hydrogen-bond acceptors (Lipinski definition) is 7. The molecule has 1 aliphatic heterocycles. The van der Waals surface area contributed by atoms with Crippen LogP contribution < -0.4 is 10.5 Å². The van der Waals surface area contributed by atoms with Gasteiger partial charge in [-0.15, -0.1) is 0 Å². The van der Waals surface area contributed by atoms with Crippen LogP contribution in [0.4, 0.5) is 24.0 Å². The number of nitrogen functional groups attached to an aromatic ring is 1. The van der Waals surface area contributed by atoms with Gasteiger partial charge in [0.25, 0.3) is 15.9 Å². The third-order valence-corrected chi connectivity index (χ3v) is 8.35. The second-order valence-electron chi connectivity index (χ2n) is 9.07. The molecule has 2 aromatic carbocycles. The maximum Gasteiger partial charge on any atom is 0.264 e. The Labute approximate surface area is 210 Å². The molecule has 0 radical (unpaired) electrons. The summed E-state index contributed by atoms with van der Waals surface area (Å²) in [6.07, 6.45) is -0.0871. The summed E-state index contributed by atoms with van der Waals surface area (Å²) < 4.78 is 68.8. The number of fused-ring (bicyclic) bond motifs is 1. The fraction of sp³-hybridized carbons (Fsp3) is 0.391. The Hall–Kier alpha value is -2.90. The zero-order chi connectivity index (χ0) is 26.3. The van der Waals surface area contributed by atoms with E-state index in [1.54, 1.807) is 0 Å². The Morgan fingerprint density at radius 3 is 2.50 bits per heavy atom. The van der Waals surface area contributed by atoms with Crippen LogP contribution in [0.5, 0.6) is 0 Å². The fourth-order valence-corrected chi connectivity index (χ4v) is 6.18. The molecular weight excluding hydrogens is 517 g/mol. The van der Waals surface area contributed by atoms with Crippen molar-refractivity contribution in [3.05, 3.63) is 47.8 Å². The lowest BCUT2D eigenvalue weighted by molar-refractivity contribution is -0.0570. The molecular formula is C23H25F3N4O4S2. The number of sulfonamides is 1. The van der Waals surface area contributed by atoms with Crippen molar-refractivity contribution in [2.24, 2.45) is 0 Å². The summed E-state index contributed by atoms with van der Waals surface area (Å²) in [4.78, 5) is 18.0. The van der Waals surface area contributed by atoms with Gasteiger partial charge in [0.1, 0.15) is 16.2 Å². The first-order valence-corrected chi connectivity index (χ1v) is 13.4. The van der Waals surface area contributed by atoms with Gasteiger partial charge in [-0.1, -0.05) is 11.3 Å². The molecule has 0 spiro atoms. The van der Waals surface area contributed by atoms with E-state index in [4.69, 9.17) is 5.73 Å². The van der Waals surface area contributed by atoms with Gasteiger partial charge < -0.3 is 15.7 Å². The molecule has 1 fully saturated rings. The zero-order valence-corrected chi connectivity index (χ0v) is 20.9. The van der Waals surface area contributed by atoms with E-state index in [1.807, 2.05) is 0 Å². The van der Waals surface area contributed by atoms with Gasteiger partial charge in [-0.05, 0) is 62.6 Å². The lowest BCUT2D eigenvalue weighted by Crippen LogP contribution is -2.47. The minimum Gasteiger partial charge on any atom is -0.390 e. The number of rotatable bonds is 7. The molecule has 13 heteroatoms. The topological polar surface area (TPSA) is 126 Å². The van der Waals surface area contributed by atoms with Crippen LogP contribution in [-0.2, 0) is 10.0 Å². The van der Waals surface area contributed by atoms with Crippen molar-refractivity contribution in [3.63, 3.8) is 0 Å². The van der Waals surface area contributed by atoms with E-state index in [2.05, 4.69) is 9.71 Å². The van der Waals surface area contributed by atoms with Crippen LogP contribution in [0.3, 0.4) is 0 Å². The van der Waals surface area contributed by atoms with E-state index >= 15 is 0 Å². The first-order valence-electron chi connectivity index (χ1n) is 11.1. The number of piperidine rings is 1. The van der Waals surface area contributed by atoms with Gasteiger partial charge in [-0.25, -0.2) is 26.6 Å².